The van der Waals surface area contributed by atoms with Crippen LogP contribution in [0.1, 0.15) is 44.2 Å². The van der Waals surface area contributed by atoms with Gasteiger partial charge in [0.1, 0.15) is 11.0 Å². The lowest BCUT2D eigenvalue weighted by Crippen LogP contribution is -2.13. The third-order valence-electron chi connectivity index (χ3n) is 4.44. The van der Waals surface area contributed by atoms with Crippen LogP contribution >= 0.6 is 0 Å². The molecule has 0 bridgehead atoms. The maximum atomic E-state index is 9.05. The molecular weight excluding hydrogens is 314 g/mol. The quantitative estimate of drug-likeness (QED) is 0.482. The lowest BCUT2D eigenvalue weighted by atomic mass is 10.00. The summed E-state index contributed by atoms with van der Waals surface area (Å²) >= 11 is 0. The number of rotatable bonds is 8. The second kappa shape index (κ2) is 8.23. The largest absolute Gasteiger partial charge is 0.252 e. The van der Waals surface area contributed by atoms with E-state index >= 15 is 0 Å². The first kappa shape index (κ1) is 17.6. The first-order chi connectivity index (χ1) is 12.2. The summed E-state index contributed by atoms with van der Waals surface area (Å²) in [6, 6.07) is 14.3. The molecular formula is C20H25N3O2. The second-order valence-corrected chi connectivity index (χ2v) is 6.43. The Bertz CT molecular complexity index is 792. The molecule has 0 aliphatic heterocycles. The summed E-state index contributed by atoms with van der Waals surface area (Å²) in [7, 11) is 0. The summed E-state index contributed by atoms with van der Waals surface area (Å²) in [6.07, 6.45) is 4.55. The smallest absolute Gasteiger partial charge is 0.113 e. The highest BCUT2D eigenvalue weighted by molar-refractivity contribution is 5.73. The number of unbranched alkanes of at least 4 members (excludes halogenated alkanes) is 1. The van der Waals surface area contributed by atoms with Gasteiger partial charge in [0.15, 0.2) is 0 Å². The molecule has 0 aliphatic rings. The number of fused-ring (bicyclic) bond motifs is 1. The molecule has 1 N–H and O–H groups in total. The highest BCUT2D eigenvalue weighted by Gasteiger charge is 2.12. The lowest BCUT2D eigenvalue weighted by molar-refractivity contribution is -0.278. The summed E-state index contributed by atoms with van der Waals surface area (Å²) in [6.45, 7) is 4.20. The minimum absolute atomic E-state index is 0.195. The zero-order valence-corrected chi connectivity index (χ0v) is 14.9. The average molecular weight is 339 g/mol. The molecule has 3 aromatic rings. The molecule has 5 heteroatoms. The van der Waals surface area contributed by atoms with Gasteiger partial charge in [-0.3, -0.25) is 5.26 Å². The number of hydrogen-bond donors (Lipinski definition) is 1. The van der Waals surface area contributed by atoms with Gasteiger partial charge < -0.3 is 0 Å². The molecule has 2 aromatic carbocycles. The summed E-state index contributed by atoms with van der Waals surface area (Å²) in [5.41, 5.74) is 5.11. The first-order valence-electron chi connectivity index (χ1n) is 8.99. The molecule has 3 rings (SSSR count). The van der Waals surface area contributed by atoms with E-state index in [1.54, 1.807) is 4.80 Å². The van der Waals surface area contributed by atoms with Gasteiger partial charge in [-0.15, -0.1) is 10.2 Å². The van der Waals surface area contributed by atoms with Gasteiger partial charge in [-0.1, -0.05) is 38.5 Å². The van der Waals surface area contributed by atoms with Crippen molar-refractivity contribution in [2.75, 3.05) is 0 Å². The van der Waals surface area contributed by atoms with E-state index in [9.17, 15) is 0 Å². The van der Waals surface area contributed by atoms with Gasteiger partial charge in [0.05, 0.1) is 11.8 Å². The molecule has 0 saturated heterocycles. The lowest BCUT2D eigenvalue weighted by Gasteiger charge is -2.13. The monoisotopic (exact) mass is 339 g/mol. The molecule has 0 saturated carbocycles. The molecule has 0 aliphatic carbocycles. The maximum Gasteiger partial charge on any atom is 0.113 e. The Morgan fingerprint density at radius 3 is 2.32 bits per heavy atom. The Morgan fingerprint density at radius 2 is 1.72 bits per heavy atom. The van der Waals surface area contributed by atoms with Crippen molar-refractivity contribution >= 4 is 11.0 Å². The van der Waals surface area contributed by atoms with Crippen molar-refractivity contribution in [1.29, 1.82) is 0 Å². The van der Waals surface area contributed by atoms with E-state index < -0.39 is 0 Å². The van der Waals surface area contributed by atoms with E-state index in [2.05, 4.69) is 40.2 Å². The molecule has 0 radical (unpaired) electrons. The third kappa shape index (κ3) is 4.24. The summed E-state index contributed by atoms with van der Waals surface area (Å²) in [5, 5.41) is 18.2. The van der Waals surface area contributed by atoms with Gasteiger partial charge >= 0.3 is 0 Å². The summed E-state index contributed by atoms with van der Waals surface area (Å²) < 4.78 is 0. The predicted octanol–water partition coefficient (Wildman–Crippen LogP) is 4.57. The van der Waals surface area contributed by atoms with Crippen molar-refractivity contribution in [2.45, 2.75) is 52.1 Å². The molecule has 1 heterocycles. The fourth-order valence-corrected chi connectivity index (χ4v) is 3.00. The van der Waals surface area contributed by atoms with Crippen molar-refractivity contribution in [3.63, 3.8) is 0 Å². The maximum absolute atomic E-state index is 9.05. The Balaban J connectivity index is 1.98. The number of aryl methyl sites for hydroxylation is 1. The van der Waals surface area contributed by atoms with Crippen LogP contribution in [0.3, 0.4) is 0 Å². The van der Waals surface area contributed by atoms with Crippen LogP contribution in [0.4, 0.5) is 0 Å². The highest BCUT2D eigenvalue weighted by atomic mass is 17.1. The van der Waals surface area contributed by atoms with Crippen LogP contribution in [0.15, 0.2) is 42.5 Å². The fourth-order valence-electron chi connectivity index (χ4n) is 3.00. The SMILES string of the molecule is CCCCc1cc(CC(CC)OO)cc(-n2nc3ccccc3n2)c1. The second-order valence-electron chi connectivity index (χ2n) is 6.43. The van der Waals surface area contributed by atoms with Crippen LogP contribution in [0.2, 0.25) is 0 Å². The van der Waals surface area contributed by atoms with E-state index in [0.717, 1.165) is 48.0 Å². The van der Waals surface area contributed by atoms with Crippen LogP contribution in [0, 0.1) is 0 Å². The van der Waals surface area contributed by atoms with Gasteiger partial charge in [0.2, 0.25) is 0 Å². The van der Waals surface area contributed by atoms with Crippen molar-refractivity contribution in [3.05, 3.63) is 53.6 Å². The van der Waals surface area contributed by atoms with Gasteiger partial charge in [0.25, 0.3) is 0 Å². The Kier molecular flexibility index (Phi) is 5.79. The van der Waals surface area contributed by atoms with Crippen molar-refractivity contribution in [2.24, 2.45) is 0 Å². The number of aromatic nitrogens is 3. The number of benzene rings is 2. The number of hydrogen-bond acceptors (Lipinski definition) is 4. The predicted molar refractivity (Wildman–Crippen MR) is 99.0 cm³/mol. The van der Waals surface area contributed by atoms with Crippen molar-refractivity contribution in [1.82, 2.24) is 15.0 Å². The van der Waals surface area contributed by atoms with Crippen LogP contribution in [0.5, 0.6) is 0 Å². The topological polar surface area (TPSA) is 60.2 Å². The molecule has 1 aromatic heterocycles. The summed E-state index contributed by atoms with van der Waals surface area (Å²) in [4.78, 5) is 6.28. The van der Waals surface area contributed by atoms with E-state index in [1.165, 1.54) is 5.56 Å². The Labute approximate surface area is 148 Å². The molecule has 25 heavy (non-hydrogen) atoms. The van der Waals surface area contributed by atoms with E-state index in [4.69, 9.17) is 5.26 Å². The van der Waals surface area contributed by atoms with Crippen LogP contribution < -0.4 is 0 Å². The van der Waals surface area contributed by atoms with Gasteiger partial charge in [-0.05, 0) is 54.7 Å². The number of nitrogens with zero attached hydrogens (tertiary/aromatic N) is 3. The molecule has 132 valence electrons. The molecule has 5 nitrogen and oxygen atoms in total. The summed E-state index contributed by atoms with van der Waals surface area (Å²) in [5.74, 6) is 0. The first-order valence-corrected chi connectivity index (χ1v) is 8.99. The van der Waals surface area contributed by atoms with Gasteiger partial charge in [0, 0.05) is 6.42 Å². The molecule has 0 fully saturated rings. The Hall–Kier alpha value is -2.24. The van der Waals surface area contributed by atoms with Crippen LogP contribution in [0.25, 0.3) is 16.7 Å². The standard InChI is InChI=1S/C20H25N3O2/c1-3-5-8-15-11-16(14-18(4-2)25-24)13-17(12-15)23-21-19-9-6-7-10-20(19)22-23/h6-7,9-13,18,24H,3-5,8,14H2,1-2H3. The van der Waals surface area contributed by atoms with E-state index in [1.807, 2.05) is 31.2 Å². The van der Waals surface area contributed by atoms with E-state index in [0.29, 0.717) is 6.42 Å². The van der Waals surface area contributed by atoms with Crippen LogP contribution in [-0.4, -0.2) is 26.4 Å². The minimum atomic E-state index is -0.195. The van der Waals surface area contributed by atoms with Gasteiger partial charge in [-0.25, -0.2) is 4.89 Å². The molecule has 1 unspecified atom stereocenters. The van der Waals surface area contributed by atoms with Crippen molar-refractivity contribution in [3.8, 4) is 5.69 Å². The normalized spacial score (nSPS) is 12.6. The minimum Gasteiger partial charge on any atom is -0.252 e. The van der Waals surface area contributed by atoms with Gasteiger partial charge in [-0.2, -0.15) is 4.80 Å². The fraction of sp³-hybridized carbons (Fsp3) is 0.400. The zero-order chi connectivity index (χ0) is 17.6. The van der Waals surface area contributed by atoms with Crippen molar-refractivity contribution < 1.29 is 10.1 Å². The third-order valence-corrected chi connectivity index (χ3v) is 4.44. The molecule has 0 amide bonds. The van der Waals surface area contributed by atoms with Crippen LogP contribution in [-0.2, 0) is 17.7 Å². The van der Waals surface area contributed by atoms with E-state index in [-0.39, 0.29) is 6.10 Å². The average Bonchev–Trinajstić information content (AvgIpc) is 3.08. The highest BCUT2D eigenvalue weighted by Crippen LogP contribution is 2.19. The molecule has 0 spiro atoms. The Morgan fingerprint density at radius 1 is 1.04 bits per heavy atom. The zero-order valence-electron chi connectivity index (χ0n) is 14.9. The molecule has 1 atom stereocenters.